The van der Waals surface area contributed by atoms with Crippen molar-refractivity contribution in [1.29, 1.82) is 0 Å². The van der Waals surface area contributed by atoms with Crippen molar-refractivity contribution in [3.8, 4) is 0 Å². The van der Waals surface area contributed by atoms with Crippen molar-refractivity contribution in [2.45, 2.75) is 52.0 Å². The van der Waals surface area contributed by atoms with E-state index in [0.717, 1.165) is 25.9 Å². The van der Waals surface area contributed by atoms with Crippen molar-refractivity contribution in [3.05, 3.63) is 41.5 Å². The number of rotatable bonds is 5. The number of allylic oxidation sites excluding steroid dienone is 1. The van der Waals surface area contributed by atoms with Gasteiger partial charge in [0.15, 0.2) is 0 Å². The minimum absolute atomic E-state index is 0.0982. The first-order chi connectivity index (χ1) is 13.6. The monoisotopic (exact) mass is 381 g/mol. The van der Waals surface area contributed by atoms with E-state index < -0.39 is 0 Å². The molecule has 2 heterocycles. The standard InChI is InChI=1S/C24H35N3O/c1-18(2)25-24(28)27-16-21-6-5-7-22(23(21)17-27)20-10-8-19(9-11-20)12-15-26-13-3-4-14-26/h7-11,18,21,23H,3-6,12-17H2,1-2H3,(H,25,28). The fourth-order valence-corrected chi connectivity index (χ4v) is 5.11. The lowest BCUT2D eigenvalue weighted by molar-refractivity contribution is 0.204. The first-order valence-corrected chi connectivity index (χ1v) is 11.2. The highest BCUT2D eigenvalue weighted by atomic mass is 16.2. The van der Waals surface area contributed by atoms with Gasteiger partial charge < -0.3 is 15.1 Å². The number of nitrogens with one attached hydrogen (secondary N) is 1. The Balaban J connectivity index is 1.39. The van der Waals surface area contributed by atoms with Gasteiger partial charge in [0.2, 0.25) is 0 Å². The number of hydrogen-bond acceptors (Lipinski definition) is 2. The number of fused-ring (bicyclic) bond motifs is 1. The molecule has 0 radical (unpaired) electrons. The highest BCUT2D eigenvalue weighted by Crippen LogP contribution is 2.41. The molecular formula is C24H35N3O. The van der Waals surface area contributed by atoms with Crippen LogP contribution in [0.4, 0.5) is 4.79 Å². The Kier molecular flexibility index (Phi) is 6.05. The number of urea groups is 1. The second-order valence-electron chi connectivity index (χ2n) is 9.11. The van der Waals surface area contributed by atoms with Gasteiger partial charge in [0.25, 0.3) is 0 Å². The summed E-state index contributed by atoms with van der Waals surface area (Å²) in [4.78, 5) is 17.1. The van der Waals surface area contributed by atoms with E-state index in [9.17, 15) is 4.79 Å². The smallest absolute Gasteiger partial charge is 0.317 e. The molecule has 152 valence electrons. The summed E-state index contributed by atoms with van der Waals surface area (Å²) >= 11 is 0. The van der Waals surface area contributed by atoms with Gasteiger partial charge in [0, 0.05) is 31.6 Å². The average molecular weight is 382 g/mol. The lowest BCUT2D eigenvalue weighted by Crippen LogP contribution is -2.41. The van der Waals surface area contributed by atoms with Crippen molar-refractivity contribution >= 4 is 11.6 Å². The Bertz CT molecular complexity index is 703. The molecule has 4 nitrogen and oxygen atoms in total. The highest BCUT2D eigenvalue weighted by molar-refractivity contribution is 5.76. The second kappa shape index (κ2) is 8.69. The number of carbonyl (C=O) groups is 1. The summed E-state index contributed by atoms with van der Waals surface area (Å²) in [5.41, 5.74) is 4.25. The summed E-state index contributed by atoms with van der Waals surface area (Å²) < 4.78 is 0. The van der Waals surface area contributed by atoms with Crippen LogP contribution in [0.25, 0.3) is 5.57 Å². The van der Waals surface area contributed by atoms with E-state index in [4.69, 9.17) is 0 Å². The molecule has 0 saturated carbocycles. The molecule has 4 rings (SSSR count). The lowest BCUT2D eigenvalue weighted by atomic mass is 9.78. The van der Waals surface area contributed by atoms with Crippen LogP contribution in [0.5, 0.6) is 0 Å². The molecule has 1 aliphatic carbocycles. The van der Waals surface area contributed by atoms with E-state index in [1.165, 1.54) is 55.6 Å². The quantitative estimate of drug-likeness (QED) is 0.831. The van der Waals surface area contributed by atoms with Crippen LogP contribution in [0, 0.1) is 11.8 Å². The van der Waals surface area contributed by atoms with Gasteiger partial charge in [-0.15, -0.1) is 0 Å². The average Bonchev–Trinajstić information content (AvgIpc) is 3.35. The van der Waals surface area contributed by atoms with Crippen molar-refractivity contribution in [3.63, 3.8) is 0 Å². The summed E-state index contributed by atoms with van der Waals surface area (Å²) in [6.45, 7) is 9.53. The van der Waals surface area contributed by atoms with Crippen LogP contribution in [0.3, 0.4) is 0 Å². The van der Waals surface area contributed by atoms with Gasteiger partial charge >= 0.3 is 6.03 Å². The molecule has 0 spiro atoms. The van der Waals surface area contributed by atoms with Gasteiger partial charge in [0.05, 0.1) is 0 Å². The number of amides is 2. The van der Waals surface area contributed by atoms with Crippen LogP contribution in [0.1, 0.15) is 50.7 Å². The fraction of sp³-hybridized carbons (Fsp3) is 0.625. The van der Waals surface area contributed by atoms with Crippen molar-refractivity contribution in [1.82, 2.24) is 15.1 Å². The molecule has 2 atom stereocenters. The third-order valence-electron chi connectivity index (χ3n) is 6.64. The van der Waals surface area contributed by atoms with E-state index in [0.29, 0.717) is 11.8 Å². The summed E-state index contributed by atoms with van der Waals surface area (Å²) in [6.07, 6.45) is 8.63. The number of carbonyl (C=O) groups excluding carboxylic acids is 1. The maximum atomic E-state index is 12.5. The largest absolute Gasteiger partial charge is 0.336 e. The number of benzene rings is 1. The molecule has 2 unspecified atom stereocenters. The van der Waals surface area contributed by atoms with E-state index in [1.54, 1.807) is 0 Å². The SMILES string of the molecule is CC(C)NC(=O)N1CC2CCC=C(c3ccc(CCN4CCCC4)cc3)C2C1. The molecule has 2 amide bonds. The Morgan fingerprint density at radius 3 is 2.61 bits per heavy atom. The van der Waals surface area contributed by atoms with Gasteiger partial charge in [0.1, 0.15) is 0 Å². The van der Waals surface area contributed by atoms with Crippen LogP contribution in [0.2, 0.25) is 0 Å². The van der Waals surface area contributed by atoms with Crippen LogP contribution < -0.4 is 5.32 Å². The summed E-state index contributed by atoms with van der Waals surface area (Å²) in [5, 5.41) is 3.06. The molecule has 1 aromatic carbocycles. The molecule has 2 aliphatic heterocycles. The summed E-state index contributed by atoms with van der Waals surface area (Å²) in [5.74, 6) is 1.09. The lowest BCUT2D eigenvalue weighted by Gasteiger charge is -2.26. The van der Waals surface area contributed by atoms with Gasteiger partial charge in [-0.2, -0.15) is 0 Å². The molecule has 28 heavy (non-hydrogen) atoms. The Morgan fingerprint density at radius 2 is 1.89 bits per heavy atom. The molecule has 4 heteroatoms. The molecule has 2 fully saturated rings. The molecule has 0 aromatic heterocycles. The van der Waals surface area contributed by atoms with E-state index in [-0.39, 0.29) is 12.1 Å². The highest BCUT2D eigenvalue weighted by Gasteiger charge is 2.38. The molecule has 1 aromatic rings. The minimum Gasteiger partial charge on any atom is -0.336 e. The summed E-state index contributed by atoms with van der Waals surface area (Å²) in [6, 6.07) is 9.54. The summed E-state index contributed by atoms with van der Waals surface area (Å²) in [7, 11) is 0. The number of nitrogens with zero attached hydrogens (tertiary/aromatic N) is 2. The predicted octanol–water partition coefficient (Wildman–Crippen LogP) is 4.17. The van der Waals surface area contributed by atoms with Gasteiger partial charge in [-0.25, -0.2) is 4.79 Å². The number of hydrogen-bond donors (Lipinski definition) is 1. The van der Waals surface area contributed by atoms with Crippen LogP contribution in [-0.2, 0) is 6.42 Å². The van der Waals surface area contributed by atoms with E-state index >= 15 is 0 Å². The third kappa shape index (κ3) is 4.43. The van der Waals surface area contributed by atoms with Crippen molar-refractivity contribution < 1.29 is 4.79 Å². The van der Waals surface area contributed by atoms with Gasteiger partial charge in [-0.1, -0.05) is 30.3 Å². The van der Waals surface area contributed by atoms with E-state index in [1.807, 2.05) is 18.7 Å². The van der Waals surface area contributed by atoms with Gasteiger partial charge in [-0.3, -0.25) is 0 Å². The topological polar surface area (TPSA) is 35.6 Å². The Morgan fingerprint density at radius 1 is 1.14 bits per heavy atom. The fourth-order valence-electron chi connectivity index (χ4n) is 5.11. The van der Waals surface area contributed by atoms with Gasteiger partial charge in [-0.05, 0) is 81.7 Å². The zero-order valence-electron chi connectivity index (χ0n) is 17.5. The zero-order valence-corrected chi connectivity index (χ0v) is 17.5. The first-order valence-electron chi connectivity index (χ1n) is 11.2. The maximum absolute atomic E-state index is 12.5. The predicted molar refractivity (Wildman–Crippen MR) is 115 cm³/mol. The maximum Gasteiger partial charge on any atom is 0.317 e. The molecule has 3 aliphatic rings. The van der Waals surface area contributed by atoms with Crippen molar-refractivity contribution in [2.24, 2.45) is 11.8 Å². The molecular weight excluding hydrogens is 346 g/mol. The minimum atomic E-state index is 0.0982. The zero-order chi connectivity index (χ0) is 19.5. The van der Waals surface area contributed by atoms with Crippen LogP contribution in [-0.4, -0.2) is 54.6 Å². The number of likely N-dealkylation sites (tertiary alicyclic amines) is 2. The second-order valence-corrected chi connectivity index (χ2v) is 9.11. The molecule has 2 saturated heterocycles. The Labute approximate surface area is 170 Å². The third-order valence-corrected chi connectivity index (χ3v) is 6.64. The Hall–Kier alpha value is -1.81. The van der Waals surface area contributed by atoms with Crippen LogP contribution >= 0.6 is 0 Å². The van der Waals surface area contributed by atoms with E-state index in [2.05, 4.69) is 40.6 Å². The van der Waals surface area contributed by atoms with Crippen LogP contribution in [0.15, 0.2) is 30.3 Å². The normalized spacial score (nSPS) is 25.1. The first kappa shape index (κ1) is 19.5. The molecule has 1 N–H and O–H groups in total. The molecule has 0 bridgehead atoms. The van der Waals surface area contributed by atoms with Crippen molar-refractivity contribution in [2.75, 3.05) is 32.7 Å².